The summed E-state index contributed by atoms with van der Waals surface area (Å²) in [5, 5.41) is 0. The second kappa shape index (κ2) is 41.9. The van der Waals surface area contributed by atoms with E-state index in [4.69, 9.17) is 0 Å². The summed E-state index contributed by atoms with van der Waals surface area (Å²) in [5.41, 5.74) is 14.3. The number of rotatable bonds is 12. The maximum Gasteiger partial charge on any atom is 2.00 e. The summed E-state index contributed by atoms with van der Waals surface area (Å²) < 4.78 is 0. The maximum atomic E-state index is 1.61. The van der Waals surface area contributed by atoms with Crippen molar-refractivity contribution in [2.45, 2.75) is 453 Å². The Balaban J connectivity index is 0.000000168. The van der Waals surface area contributed by atoms with Crippen LogP contribution in [0.2, 0.25) is 0 Å². The molecule has 0 radical (unpaired) electrons. The van der Waals surface area contributed by atoms with E-state index in [0.29, 0.717) is 31.7 Å². The van der Waals surface area contributed by atoms with Crippen molar-refractivity contribution in [3.63, 3.8) is 0 Å². The molecule has 0 atom stereocenters. The average molecular weight is 1250 g/mol. The van der Waals surface area contributed by atoms with Gasteiger partial charge in [-0.1, -0.05) is 263 Å². The third kappa shape index (κ3) is 23.3. The minimum Gasteiger partial charge on any atom is -1.00 e. The molecule has 0 unspecified atom stereocenters. The second-order valence-electron chi connectivity index (χ2n) is 29.3. The molecule has 464 valence electrons. The fourth-order valence-corrected chi connectivity index (χ4v) is 38.8. The first-order chi connectivity index (χ1) is 37.8. The second-order valence-corrected chi connectivity index (χ2v) is 41.6. The van der Waals surface area contributed by atoms with Gasteiger partial charge in [-0.25, -0.2) is 0 Å². The topological polar surface area (TPSA) is 0 Å². The molecule has 12 rings (SSSR count). The van der Waals surface area contributed by atoms with Crippen LogP contribution in [0, 0.1) is 0 Å². The summed E-state index contributed by atoms with van der Waals surface area (Å²) in [4.78, 5) is 0. The Bertz CT molecular complexity index is 1040. The Labute approximate surface area is 522 Å². The van der Waals surface area contributed by atoms with E-state index in [0.717, 1.165) is 0 Å². The van der Waals surface area contributed by atoms with Crippen molar-refractivity contribution in [3.8, 4) is 0 Å². The van der Waals surface area contributed by atoms with Gasteiger partial charge in [0.05, 0.1) is 0 Å². The molecular formula is C72H132Cl2NiP4. The van der Waals surface area contributed by atoms with Crippen molar-refractivity contribution < 1.29 is 41.3 Å². The van der Waals surface area contributed by atoms with E-state index in [1.54, 1.807) is 308 Å². The minimum atomic E-state index is 0. The van der Waals surface area contributed by atoms with E-state index in [2.05, 4.69) is 0 Å². The SMILES string of the molecule is C1CCC(P(C2CCCCC2)C2CCCCC2)CC1.C1CCC(P(C2CCCCC2)C2CCCCC2)CC1.C1CCC(P(C2CCCCC2)C2CCCCC2)CC1.C1CCC(P(C2CCCCC2)C2CCCCC2)CC1.[Cl-].[Cl-].[Ni+2]. The molecule has 0 aliphatic heterocycles. The molecule has 0 N–H and O–H groups in total. The minimum absolute atomic E-state index is 0. The molecule has 12 fully saturated rings. The van der Waals surface area contributed by atoms with Gasteiger partial charge in [0, 0.05) is 0 Å². The summed E-state index contributed by atoms with van der Waals surface area (Å²) in [5.74, 6) is 0. The molecule has 12 aliphatic carbocycles. The third-order valence-corrected chi connectivity index (χ3v) is 40.3. The van der Waals surface area contributed by atoms with Crippen LogP contribution in [0.3, 0.4) is 0 Å². The van der Waals surface area contributed by atoms with E-state index in [1.807, 2.05) is 0 Å². The third-order valence-electron chi connectivity index (χ3n) is 24.0. The zero-order valence-electron chi connectivity index (χ0n) is 52.2. The van der Waals surface area contributed by atoms with Crippen LogP contribution >= 0.6 is 31.7 Å². The predicted molar refractivity (Wildman–Crippen MR) is 350 cm³/mol. The van der Waals surface area contributed by atoms with Gasteiger partial charge in [-0.2, -0.15) is 0 Å². The molecule has 0 aromatic rings. The van der Waals surface area contributed by atoms with Crippen molar-refractivity contribution in [2.75, 3.05) is 0 Å². The molecule has 0 nitrogen and oxygen atoms in total. The Hall–Kier alpha value is 2.79. The Morgan fingerprint density at radius 1 is 0.114 bits per heavy atom. The summed E-state index contributed by atoms with van der Waals surface area (Å²) in [6.07, 6.45) is 94.5. The molecule has 79 heavy (non-hydrogen) atoms. The average Bonchev–Trinajstić information content (AvgIpc) is 3.51. The largest absolute Gasteiger partial charge is 2.00 e. The number of halogens is 2. The Morgan fingerprint density at radius 3 is 0.241 bits per heavy atom. The molecule has 0 saturated heterocycles. The van der Waals surface area contributed by atoms with E-state index in [9.17, 15) is 0 Å². The zero-order chi connectivity index (χ0) is 51.7. The van der Waals surface area contributed by atoms with Crippen LogP contribution in [-0.4, -0.2) is 67.9 Å². The summed E-state index contributed by atoms with van der Waals surface area (Å²) in [7, 11) is 1.54. The molecule has 12 saturated carbocycles. The van der Waals surface area contributed by atoms with E-state index < -0.39 is 0 Å². The number of hydrogen-bond acceptors (Lipinski definition) is 0. The normalized spacial score (nSPS) is 27.8. The van der Waals surface area contributed by atoms with Gasteiger partial charge in [-0.15, -0.1) is 0 Å². The van der Waals surface area contributed by atoms with E-state index in [-0.39, 0.29) is 41.3 Å². The van der Waals surface area contributed by atoms with Crippen molar-refractivity contribution in [3.05, 3.63) is 0 Å². The molecule has 0 aromatic heterocycles. The van der Waals surface area contributed by atoms with Gasteiger partial charge >= 0.3 is 16.5 Å². The first-order valence-corrected chi connectivity index (χ1v) is 43.1. The predicted octanol–water partition coefficient (Wildman–Crippen LogP) is 19.9. The van der Waals surface area contributed by atoms with Crippen LogP contribution in [0.25, 0.3) is 0 Å². The van der Waals surface area contributed by atoms with Crippen LogP contribution in [0.1, 0.15) is 385 Å². The Morgan fingerprint density at radius 2 is 0.177 bits per heavy atom. The monoisotopic (exact) mass is 1250 g/mol. The summed E-state index contributed by atoms with van der Waals surface area (Å²) in [6, 6.07) is 0. The zero-order valence-corrected chi connectivity index (χ0v) is 58.3. The molecule has 0 bridgehead atoms. The van der Waals surface area contributed by atoms with Crippen LogP contribution in [0.15, 0.2) is 0 Å². The van der Waals surface area contributed by atoms with Gasteiger partial charge in [-0.3, -0.25) is 0 Å². The van der Waals surface area contributed by atoms with Gasteiger partial charge in [0.2, 0.25) is 0 Å². The van der Waals surface area contributed by atoms with Crippen molar-refractivity contribution in [2.24, 2.45) is 0 Å². The standard InChI is InChI=1S/4C18H33P.2ClH.Ni/c4*1-4-10-16(11-5-1)19(17-12-6-2-7-13-17)18-14-8-3-9-15-18;;;/h4*16-18H,1-15H2;2*1H;/q;;;;;;+2/p-2. The van der Waals surface area contributed by atoms with Gasteiger partial charge < -0.3 is 24.8 Å². The summed E-state index contributed by atoms with van der Waals surface area (Å²) in [6.45, 7) is 0. The molecule has 0 heterocycles. The molecule has 12 aliphatic rings. The maximum absolute atomic E-state index is 1.61. The van der Waals surface area contributed by atoms with Crippen LogP contribution in [0.5, 0.6) is 0 Å². The number of hydrogen-bond donors (Lipinski definition) is 0. The smallest absolute Gasteiger partial charge is 1.00 e. The first-order valence-electron chi connectivity index (χ1n) is 36.9. The van der Waals surface area contributed by atoms with Gasteiger partial charge in [0.25, 0.3) is 0 Å². The fraction of sp³-hybridized carbons (Fsp3) is 1.00. The summed E-state index contributed by atoms with van der Waals surface area (Å²) >= 11 is 0. The molecule has 0 spiro atoms. The molecule has 0 aromatic carbocycles. The van der Waals surface area contributed by atoms with Gasteiger partial charge in [0.1, 0.15) is 0 Å². The molecular weight excluding hydrogens is 1120 g/mol. The molecule has 7 heteroatoms. The first kappa shape index (κ1) is 70.9. The van der Waals surface area contributed by atoms with Crippen LogP contribution in [0.4, 0.5) is 0 Å². The van der Waals surface area contributed by atoms with E-state index >= 15 is 0 Å². The van der Waals surface area contributed by atoms with Crippen molar-refractivity contribution >= 4 is 31.7 Å². The van der Waals surface area contributed by atoms with Crippen LogP contribution < -0.4 is 24.8 Å². The van der Waals surface area contributed by atoms with Gasteiger partial charge in [-0.05, 0) is 222 Å². The van der Waals surface area contributed by atoms with Gasteiger partial charge in [0.15, 0.2) is 0 Å². The van der Waals surface area contributed by atoms with Crippen molar-refractivity contribution in [1.29, 1.82) is 0 Å². The fourth-order valence-electron chi connectivity index (χ4n) is 20.1. The van der Waals surface area contributed by atoms with E-state index in [1.165, 1.54) is 145 Å². The Kier molecular flexibility index (Phi) is 37.6. The quantitative estimate of drug-likeness (QED) is 0.135. The van der Waals surface area contributed by atoms with Crippen molar-refractivity contribution in [1.82, 2.24) is 0 Å². The molecule has 0 amide bonds. The van der Waals surface area contributed by atoms with Crippen LogP contribution in [-0.2, 0) is 16.5 Å².